The minimum atomic E-state index is 0.712. The highest BCUT2D eigenvalue weighted by Gasteiger charge is 2.21. The van der Waals surface area contributed by atoms with Crippen molar-refractivity contribution in [1.29, 1.82) is 0 Å². The van der Waals surface area contributed by atoms with Gasteiger partial charge in [0.25, 0.3) is 0 Å². The molecule has 1 aromatic carbocycles. The Morgan fingerprint density at radius 2 is 1.94 bits per heavy atom. The fourth-order valence-corrected chi connectivity index (χ4v) is 3.58. The summed E-state index contributed by atoms with van der Waals surface area (Å²) in [6, 6.07) is 8.85. The lowest BCUT2D eigenvalue weighted by Gasteiger charge is -2.20. The Balaban J connectivity index is 2.06. The number of aryl methyl sites for hydroxylation is 1. The quantitative estimate of drug-likeness (QED) is 0.677. The van der Waals surface area contributed by atoms with Crippen LogP contribution in [0, 0.1) is 12.8 Å². The largest absolute Gasteiger partial charge is 0.0921 e. The number of hydrogen-bond donors (Lipinski definition) is 0. The number of halogens is 1. The Labute approximate surface area is 108 Å². The SMILES string of the molecule is Cc1ccccc1C(CBr)CC1CCCC1. The van der Waals surface area contributed by atoms with Crippen molar-refractivity contribution >= 4 is 15.9 Å². The van der Waals surface area contributed by atoms with Crippen molar-refractivity contribution in [3.8, 4) is 0 Å². The van der Waals surface area contributed by atoms with Gasteiger partial charge >= 0.3 is 0 Å². The summed E-state index contributed by atoms with van der Waals surface area (Å²) in [7, 11) is 0. The lowest BCUT2D eigenvalue weighted by Crippen LogP contribution is -2.07. The summed E-state index contributed by atoms with van der Waals surface area (Å²) < 4.78 is 0. The van der Waals surface area contributed by atoms with E-state index in [-0.39, 0.29) is 0 Å². The van der Waals surface area contributed by atoms with E-state index in [0.29, 0.717) is 5.92 Å². The number of alkyl halides is 1. The van der Waals surface area contributed by atoms with E-state index in [9.17, 15) is 0 Å². The van der Waals surface area contributed by atoms with Crippen LogP contribution < -0.4 is 0 Å². The number of benzene rings is 1. The predicted octanol–water partition coefficient (Wildman–Crippen LogP) is 5.05. The number of hydrogen-bond acceptors (Lipinski definition) is 0. The van der Waals surface area contributed by atoms with Crippen LogP contribution in [0.25, 0.3) is 0 Å². The summed E-state index contributed by atoms with van der Waals surface area (Å²) in [5.41, 5.74) is 3.00. The van der Waals surface area contributed by atoms with Gasteiger partial charge in [-0.15, -0.1) is 0 Å². The summed E-state index contributed by atoms with van der Waals surface area (Å²) in [5, 5.41) is 1.11. The highest BCUT2D eigenvalue weighted by Crippen LogP contribution is 2.35. The molecule has 0 nitrogen and oxygen atoms in total. The van der Waals surface area contributed by atoms with Crippen LogP contribution in [0.1, 0.15) is 49.1 Å². The van der Waals surface area contributed by atoms with E-state index < -0.39 is 0 Å². The van der Waals surface area contributed by atoms with Crippen LogP contribution in [0.4, 0.5) is 0 Å². The molecule has 0 N–H and O–H groups in total. The lowest BCUT2D eigenvalue weighted by molar-refractivity contribution is 0.463. The molecule has 0 aromatic heterocycles. The molecule has 1 unspecified atom stereocenters. The standard InChI is InChI=1S/C15H21Br/c1-12-6-2-5-9-15(12)14(11-16)10-13-7-3-4-8-13/h2,5-6,9,13-14H,3-4,7-8,10-11H2,1H3. The van der Waals surface area contributed by atoms with Crippen molar-refractivity contribution in [2.45, 2.75) is 44.9 Å². The fourth-order valence-electron chi connectivity index (χ4n) is 2.97. The maximum absolute atomic E-state index is 3.69. The molecule has 0 bridgehead atoms. The van der Waals surface area contributed by atoms with Gasteiger partial charge in [0.05, 0.1) is 0 Å². The van der Waals surface area contributed by atoms with Gasteiger partial charge in [0, 0.05) is 5.33 Å². The summed E-state index contributed by atoms with van der Waals surface area (Å²) in [6.07, 6.45) is 7.18. The molecule has 1 atom stereocenters. The Morgan fingerprint density at radius 3 is 2.56 bits per heavy atom. The van der Waals surface area contributed by atoms with Crippen LogP contribution in [-0.2, 0) is 0 Å². The maximum atomic E-state index is 3.69. The first kappa shape index (κ1) is 12.2. The molecule has 1 fully saturated rings. The van der Waals surface area contributed by atoms with Crippen molar-refractivity contribution in [3.63, 3.8) is 0 Å². The van der Waals surface area contributed by atoms with E-state index in [1.807, 2.05) is 0 Å². The van der Waals surface area contributed by atoms with E-state index >= 15 is 0 Å². The van der Waals surface area contributed by atoms with Crippen molar-refractivity contribution in [2.24, 2.45) is 5.92 Å². The molecule has 88 valence electrons. The second-order valence-electron chi connectivity index (χ2n) is 5.09. The molecule has 0 radical (unpaired) electrons. The summed E-state index contributed by atoms with van der Waals surface area (Å²) in [4.78, 5) is 0. The molecule has 0 heterocycles. The molecular weight excluding hydrogens is 260 g/mol. The monoisotopic (exact) mass is 280 g/mol. The molecule has 1 aliphatic carbocycles. The highest BCUT2D eigenvalue weighted by molar-refractivity contribution is 9.09. The zero-order chi connectivity index (χ0) is 11.4. The molecule has 0 saturated heterocycles. The predicted molar refractivity (Wildman–Crippen MR) is 74.3 cm³/mol. The summed E-state index contributed by atoms with van der Waals surface area (Å²) in [6.45, 7) is 2.24. The van der Waals surface area contributed by atoms with Crippen molar-refractivity contribution in [1.82, 2.24) is 0 Å². The minimum Gasteiger partial charge on any atom is -0.0921 e. The normalized spacial score (nSPS) is 18.9. The van der Waals surface area contributed by atoms with Gasteiger partial charge in [-0.2, -0.15) is 0 Å². The second-order valence-corrected chi connectivity index (χ2v) is 5.74. The van der Waals surface area contributed by atoms with Gasteiger partial charge in [0.15, 0.2) is 0 Å². The lowest BCUT2D eigenvalue weighted by atomic mass is 9.87. The summed E-state index contributed by atoms with van der Waals surface area (Å²) in [5.74, 6) is 1.69. The molecule has 1 aliphatic rings. The topological polar surface area (TPSA) is 0 Å². The molecule has 0 spiro atoms. The van der Waals surface area contributed by atoms with Gasteiger partial charge in [0.1, 0.15) is 0 Å². The van der Waals surface area contributed by atoms with Crippen LogP contribution in [-0.4, -0.2) is 5.33 Å². The third-order valence-electron chi connectivity index (χ3n) is 3.91. The van der Waals surface area contributed by atoms with Gasteiger partial charge < -0.3 is 0 Å². The van der Waals surface area contributed by atoms with Gasteiger partial charge in [-0.25, -0.2) is 0 Å². The Morgan fingerprint density at radius 1 is 1.25 bits per heavy atom. The zero-order valence-corrected chi connectivity index (χ0v) is 11.7. The molecule has 0 aliphatic heterocycles. The smallest absolute Gasteiger partial charge is 0.0100 e. The third kappa shape index (κ3) is 2.88. The third-order valence-corrected chi connectivity index (χ3v) is 4.69. The Bertz CT molecular complexity index is 326. The molecular formula is C15H21Br. The maximum Gasteiger partial charge on any atom is 0.0100 e. The number of rotatable bonds is 4. The molecule has 1 saturated carbocycles. The average Bonchev–Trinajstić information content (AvgIpc) is 2.80. The molecule has 0 amide bonds. The first-order chi connectivity index (χ1) is 7.81. The van der Waals surface area contributed by atoms with Crippen LogP contribution in [0.3, 0.4) is 0 Å². The van der Waals surface area contributed by atoms with Crippen molar-refractivity contribution in [3.05, 3.63) is 35.4 Å². The molecule has 2 rings (SSSR count). The van der Waals surface area contributed by atoms with E-state index in [4.69, 9.17) is 0 Å². The van der Waals surface area contributed by atoms with E-state index in [0.717, 1.165) is 11.2 Å². The van der Waals surface area contributed by atoms with Gasteiger partial charge in [0.2, 0.25) is 0 Å². The van der Waals surface area contributed by atoms with E-state index in [1.54, 1.807) is 5.56 Å². The second kappa shape index (κ2) is 5.86. The van der Waals surface area contributed by atoms with E-state index in [1.165, 1.54) is 37.7 Å². The van der Waals surface area contributed by atoms with Gasteiger partial charge in [-0.3, -0.25) is 0 Å². The molecule has 1 aromatic rings. The van der Waals surface area contributed by atoms with E-state index in [2.05, 4.69) is 47.1 Å². The zero-order valence-electron chi connectivity index (χ0n) is 10.1. The van der Waals surface area contributed by atoms with Crippen LogP contribution in [0.15, 0.2) is 24.3 Å². The Hall–Kier alpha value is -0.300. The van der Waals surface area contributed by atoms with Crippen molar-refractivity contribution < 1.29 is 0 Å². The van der Waals surface area contributed by atoms with Gasteiger partial charge in [-0.05, 0) is 36.3 Å². The van der Waals surface area contributed by atoms with Crippen molar-refractivity contribution in [2.75, 3.05) is 5.33 Å². The average molecular weight is 281 g/mol. The first-order valence-electron chi connectivity index (χ1n) is 6.42. The first-order valence-corrected chi connectivity index (χ1v) is 7.55. The van der Waals surface area contributed by atoms with Crippen LogP contribution in [0.5, 0.6) is 0 Å². The fraction of sp³-hybridized carbons (Fsp3) is 0.600. The van der Waals surface area contributed by atoms with Gasteiger partial charge in [-0.1, -0.05) is 65.9 Å². The summed E-state index contributed by atoms with van der Waals surface area (Å²) >= 11 is 3.69. The Kier molecular flexibility index (Phi) is 4.45. The highest BCUT2D eigenvalue weighted by atomic mass is 79.9. The molecule has 16 heavy (non-hydrogen) atoms. The van der Waals surface area contributed by atoms with Crippen LogP contribution >= 0.6 is 15.9 Å². The minimum absolute atomic E-state index is 0.712. The van der Waals surface area contributed by atoms with Crippen LogP contribution in [0.2, 0.25) is 0 Å². The molecule has 1 heteroatoms.